The SMILES string of the molecule is O=C(Nc1ccc(Cl)cc1)[C@H]1CC(c2ccc(Cl)c(Cl)c2)=NO1. The molecule has 0 bridgehead atoms. The van der Waals surface area contributed by atoms with E-state index in [0.717, 1.165) is 5.56 Å². The number of oxime groups is 1. The largest absolute Gasteiger partial charge is 0.382 e. The summed E-state index contributed by atoms with van der Waals surface area (Å²) in [5, 5.41) is 8.23. The van der Waals surface area contributed by atoms with Gasteiger partial charge in [-0.1, -0.05) is 46.0 Å². The van der Waals surface area contributed by atoms with Crippen LogP contribution < -0.4 is 5.32 Å². The maximum absolute atomic E-state index is 12.2. The molecule has 0 unspecified atom stereocenters. The van der Waals surface area contributed by atoms with Gasteiger partial charge < -0.3 is 10.2 Å². The first-order chi connectivity index (χ1) is 11.0. The van der Waals surface area contributed by atoms with Crippen molar-refractivity contribution in [2.45, 2.75) is 12.5 Å². The number of carbonyl (C=O) groups is 1. The number of nitrogens with zero attached hydrogens (tertiary/aromatic N) is 1. The Bertz CT molecular complexity index is 775. The van der Waals surface area contributed by atoms with Gasteiger partial charge in [0.1, 0.15) is 0 Å². The molecule has 1 amide bonds. The van der Waals surface area contributed by atoms with Gasteiger partial charge in [-0.2, -0.15) is 0 Å². The first kappa shape index (κ1) is 16.1. The van der Waals surface area contributed by atoms with E-state index in [1.54, 1.807) is 42.5 Å². The van der Waals surface area contributed by atoms with E-state index >= 15 is 0 Å². The van der Waals surface area contributed by atoms with Gasteiger partial charge in [-0.25, -0.2) is 0 Å². The van der Waals surface area contributed by atoms with Crippen LogP contribution in [-0.4, -0.2) is 17.7 Å². The molecule has 2 aromatic carbocycles. The van der Waals surface area contributed by atoms with Crippen molar-refractivity contribution < 1.29 is 9.63 Å². The van der Waals surface area contributed by atoms with Crippen LogP contribution in [0.1, 0.15) is 12.0 Å². The molecule has 0 saturated heterocycles. The molecule has 1 heterocycles. The predicted molar refractivity (Wildman–Crippen MR) is 92.6 cm³/mol. The smallest absolute Gasteiger partial charge is 0.268 e. The Balaban J connectivity index is 1.65. The van der Waals surface area contributed by atoms with Gasteiger partial charge in [0.25, 0.3) is 5.91 Å². The number of amides is 1. The van der Waals surface area contributed by atoms with Gasteiger partial charge in [0.05, 0.1) is 15.8 Å². The van der Waals surface area contributed by atoms with E-state index in [-0.39, 0.29) is 5.91 Å². The van der Waals surface area contributed by atoms with E-state index in [1.165, 1.54) is 0 Å². The van der Waals surface area contributed by atoms with Gasteiger partial charge >= 0.3 is 0 Å². The van der Waals surface area contributed by atoms with Crippen molar-refractivity contribution in [3.63, 3.8) is 0 Å². The average Bonchev–Trinajstić information content (AvgIpc) is 3.02. The highest BCUT2D eigenvalue weighted by Gasteiger charge is 2.29. The second kappa shape index (κ2) is 6.79. The summed E-state index contributed by atoms with van der Waals surface area (Å²) in [6.07, 6.45) is -0.327. The standard InChI is InChI=1S/C16H11Cl3N2O2/c17-10-2-4-11(5-3-10)20-16(22)15-8-14(21-23-15)9-1-6-12(18)13(19)7-9/h1-7,15H,8H2,(H,20,22)/t15-/m1/s1. The Morgan fingerprint density at radius 3 is 2.52 bits per heavy atom. The molecule has 23 heavy (non-hydrogen) atoms. The summed E-state index contributed by atoms with van der Waals surface area (Å²) in [7, 11) is 0. The predicted octanol–water partition coefficient (Wildman–Crippen LogP) is 4.78. The molecule has 2 aromatic rings. The summed E-state index contributed by atoms with van der Waals surface area (Å²) in [5.74, 6) is -0.272. The van der Waals surface area contributed by atoms with E-state index in [0.29, 0.717) is 32.9 Å². The first-order valence-corrected chi connectivity index (χ1v) is 7.91. The van der Waals surface area contributed by atoms with Crippen molar-refractivity contribution in [1.29, 1.82) is 0 Å². The molecule has 0 aliphatic carbocycles. The number of halogens is 3. The highest BCUT2D eigenvalue weighted by atomic mass is 35.5. The molecule has 0 fully saturated rings. The van der Waals surface area contributed by atoms with E-state index in [4.69, 9.17) is 39.6 Å². The molecule has 1 aliphatic rings. The summed E-state index contributed by atoms with van der Waals surface area (Å²) in [5.41, 5.74) is 2.08. The quantitative estimate of drug-likeness (QED) is 0.846. The number of nitrogens with one attached hydrogen (secondary N) is 1. The summed E-state index contributed by atoms with van der Waals surface area (Å²) < 4.78 is 0. The highest BCUT2D eigenvalue weighted by molar-refractivity contribution is 6.42. The fourth-order valence-corrected chi connectivity index (χ4v) is 2.54. The number of hydrogen-bond acceptors (Lipinski definition) is 3. The fraction of sp³-hybridized carbons (Fsp3) is 0.125. The van der Waals surface area contributed by atoms with Gasteiger partial charge in [0.15, 0.2) is 0 Å². The van der Waals surface area contributed by atoms with Crippen molar-refractivity contribution in [2.75, 3.05) is 5.32 Å². The molecule has 118 valence electrons. The second-order valence-corrected chi connectivity index (χ2v) is 6.21. The van der Waals surface area contributed by atoms with Gasteiger partial charge in [-0.15, -0.1) is 0 Å². The van der Waals surface area contributed by atoms with Gasteiger partial charge in [-0.3, -0.25) is 4.79 Å². The maximum atomic E-state index is 12.2. The van der Waals surface area contributed by atoms with E-state index < -0.39 is 6.10 Å². The number of carbonyl (C=O) groups excluding carboxylic acids is 1. The minimum atomic E-state index is -0.685. The third-order valence-electron chi connectivity index (χ3n) is 3.33. The van der Waals surface area contributed by atoms with Crippen LogP contribution in [0, 0.1) is 0 Å². The van der Waals surface area contributed by atoms with Gasteiger partial charge in [-0.05, 0) is 36.4 Å². The van der Waals surface area contributed by atoms with Crippen LogP contribution in [0.15, 0.2) is 47.6 Å². The molecular formula is C16H11Cl3N2O2. The van der Waals surface area contributed by atoms with Crippen LogP contribution in [0.25, 0.3) is 0 Å². The molecule has 1 aliphatic heterocycles. The summed E-state index contributed by atoms with van der Waals surface area (Å²) >= 11 is 17.7. The Kier molecular flexibility index (Phi) is 4.76. The second-order valence-electron chi connectivity index (χ2n) is 4.96. The van der Waals surface area contributed by atoms with Crippen LogP contribution in [-0.2, 0) is 9.63 Å². The summed E-state index contributed by atoms with van der Waals surface area (Å²) in [6, 6.07) is 12.0. The number of anilines is 1. The van der Waals surface area contributed by atoms with Crippen LogP contribution >= 0.6 is 34.8 Å². The number of hydrogen-bond donors (Lipinski definition) is 1. The normalized spacial score (nSPS) is 16.7. The lowest BCUT2D eigenvalue weighted by atomic mass is 10.0. The first-order valence-electron chi connectivity index (χ1n) is 6.77. The molecule has 1 atom stereocenters. The van der Waals surface area contributed by atoms with Crippen molar-refractivity contribution in [3.8, 4) is 0 Å². The summed E-state index contributed by atoms with van der Waals surface area (Å²) in [6.45, 7) is 0. The number of rotatable bonds is 3. The third-order valence-corrected chi connectivity index (χ3v) is 4.32. The monoisotopic (exact) mass is 368 g/mol. The van der Waals surface area contributed by atoms with Crippen molar-refractivity contribution in [2.24, 2.45) is 5.16 Å². The fourth-order valence-electron chi connectivity index (χ4n) is 2.12. The molecule has 4 nitrogen and oxygen atoms in total. The third kappa shape index (κ3) is 3.78. The lowest BCUT2D eigenvalue weighted by molar-refractivity contribution is -0.125. The van der Waals surface area contributed by atoms with Crippen LogP contribution in [0.2, 0.25) is 15.1 Å². The minimum Gasteiger partial charge on any atom is -0.382 e. The van der Waals surface area contributed by atoms with Crippen LogP contribution in [0.5, 0.6) is 0 Å². The molecule has 0 radical (unpaired) electrons. The van der Waals surface area contributed by atoms with Crippen molar-refractivity contribution >= 4 is 52.1 Å². The minimum absolute atomic E-state index is 0.272. The van der Waals surface area contributed by atoms with Gasteiger partial charge in [0, 0.05) is 22.7 Å². The Labute approximate surface area is 148 Å². The summed E-state index contributed by atoms with van der Waals surface area (Å²) in [4.78, 5) is 17.4. The molecule has 7 heteroatoms. The van der Waals surface area contributed by atoms with E-state index in [9.17, 15) is 4.79 Å². The Morgan fingerprint density at radius 1 is 1.09 bits per heavy atom. The zero-order valence-electron chi connectivity index (χ0n) is 11.7. The lowest BCUT2D eigenvalue weighted by Crippen LogP contribution is -2.28. The lowest BCUT2D eigenvalue weighted by Gasteiger charge is -2.09. The molecular weight excluding hydrogens is 359 g/mol. The molecule has 1 N–H and O–H groups in total. The van der Waals surface area contributed by atoms with Crippen LogP contribution in [0.4, 0.5) is 5.69 Å². The Hall–Kier alpha value is -1.75. The zero-order valence-corrected chi connectivity index (χ0v) is 14.0. The number of benzene rings is 2. The zero-order chi connectivity index (χ0) is 16.4. The highest BCUT2D eigenvalue weighted by Crippen LogP contribution is 2.26. The van der Waals surface area contributed by atoms with E-state index in [1.807, 2.05) is 0 Å². The average molecular weight is 370 g/mol. The molecule has 3 rings (SSSR count). The maximum Gasteiger partial charge on any atom is 0.268 e. The van der Waals surface area contributed by atoms with Crippen molar-refractivity contribution in [1.82, 2.24) is 0 Å². The van der Waals surface area contributed by atoms with E-state index in [2.05, 4.69) is 10.5 Å². The molecule has 0 spiro atoms. The topological polar surface area (TPSA) is 50.7 Å². The molecule has 0 aromatic heterocycles. The Morgan fingerprint density at radius 2 is 1.83 bits per heavy atom. The van der Waals surface area contributed by atoms with Crippen molar-refractivity contribution in [3.05, 3.63) is 63.1 Å². The van der Waals surface area contributed by atoms with Crippen LogP contribution in [0.3, 0.4) is 0 Å². The van der Waals surface area contributed by atoms with Gasteiger partial charge in [0.2, 0.25) is 6.10 Å². The molecule has 0 saturated carbocycles.